The van der Waals surface area contributed by atoms with Gasteiger partial charge in [-0.05, 0) is 19.3 Å². The van der Waals surface area contributed by atoms with Crippen LogP contribution in [0.4, 0.5) is 13.2 Å². The number of hydrogen-bond acceptors (Lipinski definition) is 2. The van der Waals surface area contributed by atoms with Gasteiger partial charge in [0, 0.05) is 5.41 Å². The molecule has 1 unspecified atom stereocenters. The smallest absolute Gasteiger partial charge is 0.391 e. The van der Waals surface area contributed by atoms with Crippen LogP contribution < -0.4 is 5.32 Å². The van der Waals surface area contributed by atoms with Crippen molar-refractivity contribution in [2.45, 2.75) is 64.1 Å². The van der Waals surface area contributed by atoms with Gasteiger partial charge in [-0.1, -0.05) is 26.2 Å². The minimum atomic E-state index is -4.62. The molecule has 1 aliphatic carbocycles. The maximum absolute atomic E-state index is 12.3. The molecular formula is C13H20F3NO3. The van der Waals surface area contributed by atoms with Crippen LogP contribution in [0.15, 0.2) is 0 Å². The summed E-state index contributed by atoms with van der Waals surface area (Å²) in [6.45, 7) is 1.81. The number of alkyl halides is 3. The predicted molar refractivity (Wildman–Crippen MR) is 66.0 cm³/mol. The van der Waals surface area contributed by atoms with Gasteiger partial charge < -0.3 is 10.4 Å². The van der Waals surface area contributed by atoms with E-state index in [1.54, 1.807) is 0 Å². The van der Waals surface area contributed by atoms with E-state index >= 15 is 0 Å². The Morgan fingerprint density at radius 3 is 2.20 bits per heavy atom. The molecule has 1 aliphatic rings. The van der Waals surface area contributed by atoms with Gasteiger partial charge in [0.1, 0.15) is 6.04 Å². The van der Waals surface area contributed by atoms with E-state index < -0.39 is 35.9 Å². The Morgan fingerprint density at radius 2 is 1.80 bits per heavy atom. The van der Waals surface area contributed by atoms with Crippen LogP contribution in [0.25, 0.3) is 0 Å². The van der Waals surface area contributed by atoms with Crippen molar-refractivity contribution in [2.75, 3.05) is 0 Å². The van der Waals surface area contributed by atoms with Crippen molar-refractivity contribution in [3.8, 4) is 0 Å². The molecule has 0 aliphatic heterocycles. The van der Waals surface area contributed by atoms with Gasteiger partial charge in [-0.15, -0.1) is 0 Å². The highest BCUT2D eigenvalue weighted by Gasteiger charge is 2.42. The lowest BCUT2D eigenvalue weighted by Gasteiger charge is -2.35. The molecule has 1 rings (SSSR count). The molecule has 4 nitrogen and oxygen atoms in total. The second-order valence-corrected chi connectivity index (χ2v) is 5.38. The third kappa shape index (κ3) is 4.38. The lowest BCUT2D eigenvalue weighted by molar-refractivity contribution is -0.161. The number of carboxylic acids is 1. The van der Waals surface area contributed by atoms with E-state index in [-0.39, 0.29) is 0 Å². The molecule has 0 bridgehead atoms. The van der Waals surface area contributed by atoms with Crippen LogP contribution in [-0.2, 0) is 9.59 Å². The van der Waals surface area contributed by atoms with Crippen molar-refractivity contribution in [3.63, 3.8) is 0 Å². The van der Waals surface area contributed by atoms with Gasteiger partial charge in [-0.3, -0.25) is 4.79 Å². The van der Waals surface area contributed by atoms with Crippen molar-refractivity contribution < 1.29 is 27.9 Å². The molecule has 0 radical (unpaired) electrons. The zero-order valence-electron chi connectivity index (χ0n) is 11.4. The zero-order chi connectivity index (χ0) is 15.4. The highest BCUT2D eigenvalue weighted by Crippen LogP contribution is 2.39. The highest BCUT2D eigenvalue weighted by molar-refractivity contribution is 5.87. The van der Waals surface area contributed by atoms with Crippen molar-refractivity contribution in [1.29, 1.82) is 0 Å². The van der Waals surface area contributed by atoms with Gasteiger partial charge in [0.2, 0.25) is 5.91 Å². The fourth-order valence-electron chi connectivity index (χ4n) is 2.71. The van der Waals surface area contributed by atoms with E-state index in [1.807, 2.05) is 6.92 Å². The number of halogens is 3. The molecular weight excluding hydrogens is 275 g/mol. The number of carbonyl (C=O) groups is 2. The van der Waals surface area contributed by atoms with Gasteiger partial charge in [-0.2, -0.15) is 13.2 Å². The predicted octanol–water partition coefficient (Wildman–Crippen LogP) is 2.87. The summed E-state index contributed by atoms with van der Waals surface area (Å²) in [7, 11) is 0. The monoisotopic (exact) mass is 295 g/mol. The zero-order valence-corrected chi connectivity index (χ0v) is 11.4. The minimum absolute atomic E-state index is 0.511. The third-order valence-electron chi connectivity index (χ3n) is 4.01. The summed E-state index contributed by atoms with van der Waals surface area (Å²) in [5.41, 5.74) is -0.711. The van der Waals surface area contributed by atoms with Crippen LogP contribution in [0.2, 0.25) is 0 Å². The second-order valence-electron chi connectivity index (χ2n) is 5.38. The van der Waals surface area contributed by atoms with Gasteiger partial charge in [0.05, 0.1) is 6.42 Å². The Balaban J connectivity index is 2.76. The first-order chi connectivity index (χ1) is 9.20. The van der Waals surface area contributed by atoms with E-state index in [1.165, 1.54) is 0 Å². The molecule has 1 saturated carbocycles. The quantitative estimate of drug-likeness (QED) is 0.819. The topological polar surface area (TPSA) is 66.4 Å². The molecule has 1 amide bonds. The summed E-state index contributed by atoms with van der Waals surface area (Å²) in [6.07, 6.45) is -1.76. The number of carboxylic acid groups (broad SMARTS) is 1. The van der Waals surface area contributed by atoms with Crippen LogP contribution >= 0.6 is 0 Å². The first-order valence-corrected chi connectivity index (χ1v) is 6.81. The van der Waals surface area contributed by atoms with Gasteiger partial charge >= 0.3 is 12.1 Å². The normalized spacial score (nSPS) is 20.2. The third-order valence-corrected chi connectivity index (χ3v) is 4.01. The summed E-state index contributed by atoms with van der Waals surface area (Å²) >= 11 is 0. The second kappa shape index (κ2) is 6.45. The summed E-state index contributed by atoms with van der Waals surface area (Å²) < 4.78 is 37.0. The maximum Gasteiger partial charge on any atom is 0.391 e. The number of hydrogen-bond donors (Lipinski definition) is 2. The van der Waals surface area contributed by atoms with E-state index in [9.17, 15) is 22.8 Å². The molecule has 116 valence electrons. The van der Waals surface area contributed by atoms with Gasteiger partial charge in [0.15, 0.2) is 0 Å². The van der Waals surface area contributed by atoms with E-state index in [2.05, 4.69) is 5.32 Å². The molecule has 0 saturated heterocycles. The van der Waals surface area contributed by atoms with Gasteiger partial charge in [0.25, 0.3) is 0 Å². The number of nitrogens with one attached hydrogen (secondary N) is 1. The fraction of sp³-hybridized carbons (Fsp3) is 0.846. The molecule has 2 N–H and O–H groups in total. The van der Waals surface area contributed by atoms with Gasteiger partial charge in [-0.25, -0.2) is 4.79 Å². The number of amides is 1. The molecule has 0 heterocycles. The SMILES string of the molecule is CCC1(C(=O)NC(CC(F)(F)F)C(=O)O)CCCCC1. The number of rotatable bonds is 5. The van der Waals surface area contributed by atoms with Crippen molar-refractivity contribution >= 4 is 11.9 Å². The lowest BCUT2D eigenvalue weighted by atomic mass is 9.71. The molecule has 7 heteroatoms. The van der Waals surface area contributed by atoms with Crippen LogP contribution in [0.5, 0.6) is 0 Å². The Labute approximate surface area is 115 Å². The Kier molecular flexibility index (Phi) is 5.42. The summed E-state index contributed by atoms with van der Waals surface area (Å²) in [6, 6.07) is -1.91. The molecule has 0 aromatic heterocycles. The standard InChI is InChI=1S/C13H20F3NO3/c1-2-12(6-4-3-5-7-12)11(20)17-9(10(18)19)8-13(14,15)16/h9H,2-8H2,1H3,(H,17,20)(H,18,19). The lowest BCUT2D eigenvalue weighted by Crippen LogP contribution is -2.50. The molecule has 20 heavy (non-hydrogen) atoms. The minimum Gasteiger partial charge on any atom is -0.480 e. The molecule has 1 atom stereocenters. The number of carbonyl (C=O) groups excluding carboxylic acids is 1. The fourth-order valence-corrected chi connectivity index (χ4v) is 2.71. The van der Waals surface area contributed by atoms with E-state index in [0.717, 1.165) is 19.3 Å². The van der Waals surface area contributed by atoms with Crippen LogP contribution in [0.3, 0.4) is 0 Å². The summed E-state index contributed by atoms with van der Waals surface area (Å²) in [5.74, 6) is -2.21. The Bertz CT molecular complexity index is 362. The first-order valence-electron chi connectivity index (χ1n) is 6.81. The Hall–Kier alpha value is -1.27. The van der Waals surface area contributed by atoms with Crippen LogP contribution in [0, 0.1) is 5.41 Å². The molecule has 1 fully saturated rings. The molecule has 0 aromatic rings. The first kappa shape index (κ1) is 16.8. The summed E-state index contributed by atoms with van der Waals surface area (Å²) in [4.78, 5) is 23.1. The highest BCUT2D eigenvalue weighted by atomic mass is 19.4. The Morgan fingerprint density at radius 1 is 1.25 bits per heavy atom. The van der Waals surface area contributed by atoms with E-state index in [4.69, 9.17) is 5.11 Å². The van der Waals surface area contributed by atoms with Crippen molar-refractivity contribution in [2.24, 2.45) is 5.41 Å². The van der Waals surface area contributed by atoms with Crippen molar-refractivity contribution in [1.82, 2.24) is 5.32 Å². The van der Waals surface area contributed by atoms with Crippen molar-refractivity contribution in [3.05, 3.63) is 0 Å². The average Bonchev–Trinajstić information content (AvgIpc) is 2.37. The molecule has 0 spiro atoms. The summed E-state index contributed by atoms with van der Waals surface area (Å²) in [5, 5.41) is 10.9. The van der Waals surface area contributed by atoms with Crippen LogP contribution in [-0.4, -0.2) is 29.2 Å². The maximum atomic E-state index is 12.3. The largest absolute Gasteiger partial charge is 0.480 e. The number of aliphatic carboxylic acids is 1. The molecule has 0 aromatic carbocycles. The average molecular weight is 295 g/mol. The van der Waals surface area contributed by atoms with E-state index in [0.29, 0.717) is 19.3 Å². The van der Waals surface area contributed by atoms with Crippen LogP contribution in [0.1, 0.15) is 51.9 Å².